The van der Waals surface area contributed by atoms with Crippen LogP contribution in [0.25, 0.3) is 0 Å². The summed E-state index contributed by atoms with van der Waals surface area (Å²) in [6.07, 6.45) is 6.19. The maximum Gasteiger partial charge on any atom is 0.338 e. The van der Waals surface area contributed by atoms with Crippen molar-refractivity contribution < 1.29 is 9.90 Å². The van der Waals surface area contributed by atoms with Gasteiger partial charge in [-0.05, 0) is 25.7 Å². The molecule has 7 heteroatoms. The number of aliphatic hydroxyl groups is 1. The lowest BCUT2D eigenvalue weighted by atomic mass is 9.94. The number of carbonyl (C=O) groups excluding carboxylic acids is 1. The summed E-state index contributed by atoms with van der Waals surface area (Å²) in [7, 11) is 0. The second-order valence-corrected chi connectivity index (χ2v) is 5.00. The first-order valence-corrected chi connectivity index (χ1v) is 6.55. The van der Waals surface area contributed by atoms with E-state index in [0.29, 0.717) is 12.4 Å². The molecule has 0 unspecified atom stereocenters. The van der Waals surface area contributed by atoms with Crippen molar-refractivity contribution in [2.75, 3.05) is 5.01 Å². The van der Waals surface area contributed by atoms with Crippen molar-refractivity contribution in [3.05, 3.63) is 18.1 Å². The first kappa shape index (κ1) is 12.3. The maximum atomic E-state index is 11.9. The van der Waals surface area contributed by atoms with Crippen LogP contribution >= 0.6 is 0 Å². The number of nitrogens with one attached hydrogen (secondary N) is 2. The Morgan fingerprint density at radius 2 is 2.16 bits per heavy atom. The van der Waals surface area contributed by atoms with Gasteiger partial charge in [-0.2, -0.15) is 0 Å². The standard InChI is InChI=1S/C12H17N5O2/c18-10-3-1-9(2-4-10)16-17-11-8(5-13-7-15-11)6-14-12(17)19/h5,7,9-10,16,18H,1-4,6H2,(H,14,19). The first-order valence-electron chi connectivity index (χ1n) is 6.55. The molecule has 1 fully saturated rings. The van der Waals surface area contributed by atoms with Crippen LogP contribution in [0, 0.1) is 0 Å². The number of amides is 2. The van der Waals surface area contributed by atoms with Gasteiger partial charge in [0.05, 0.1) is 6.10 Å². The zero-order chi connectivity index (χ0) is 13.2. The molecule has 0 radical (unpaired) electrons. The van der Waals surface area contributed by atoms with Gasteiger partial charge in [0.1, 0.15) is 6.33 Å². The molecule has 102 valence electrons. The van der Waals surface area contributed by atoms with Crippen LogP contribution < -0.4 is 15.8 Å². The molecule has 2 amide bonds. The molecule has 0 aromatic carbocycles. The molecule has 0 bridgehead atoms. The molecule has 7 nitrogen and oxygen atoms in total. The number of anilines is 1. The molecule has 0 spiro atoms. The van der Waals surface area contributed by atoms with E-state index in [4.69, 9.17) is 0 Å². The van der Waals surface area contributed by atoms with Crippen LogP contribution in [-0.2, 0) is 6.54 Å². The third-order valence-electron chi connectivity index (χ3n) is 3.62. The van der Waals surface area contributed by atoms with Gasteiger partial charge in [-0.3, -0.25) is 0 Å². The number of hydrazine groups is 1. The molecule has 1 aromatic rings. The van der Waals surface area contributed by atoms with E-state index >= 15 is 0 Å². The highest BCUT2D eigenvalue weighted by molar-refractivity contribution is 5.92. The third-order valence-corrected chi connectivity index (χ3v) is 3.62. The Kier molecular flexibility index (Phi) is 3.31. The molecule has 1 aliphatic heterocycles. The number of aromatic nitrogens is 2. The van der Waals surface area contributed by atoms with Crippen molar-refractivity contribution in [1.82, 2.24) is 20.7 Å². The quantitative estimate of drug-likeness (QED) is 0.714. The summed E-state index contributed by atoms with van der Waals surface area (Å²) in [5.41, 5.74) is 4.10. The van der Waals surface area contributed by atoms with E-state index in [-0.39, 0.29) is 18.2 Å². The first-order chi connectivity index (χ1) is 9.24. The van der Waals surface area contributed by atoms with E-state index in [9.17, 15) is 9.90 Å². The summed E-state index contributed by atoms with van der Waals surface area (Å²) in [5.74, 6) is 0.616. The number of carbonyl (C=O) groups is 1. The fourth-order valence-corrected chi connectivity index (χ4v) is 2.53. The minimum Gasteiger partial charge on any atom is -0.393 e. The molecule has 2 aliphatic rings. The fraction of sp³-hybridized carbons (Fsp3) is 0.583. The lowest BCUT2D eigenvalue weighted by molar-refractivity contribution is 0.116. The maximum absolute atomic E-state index is 11.9. The average molecular weight is 263 g/mol. The van der Waals surface area contributed by atoms with Gasteiger partial charge >= 0.3 is 6.03 Å². The van der Waals surface area contributed by atoms with Crippen molar-refractivity contribution in [2.24, 2.45) is 0 Å². The van der Waals surface area contributed by atoms with Crippen molar-refractivity contribution >= 4 is 11.8 Å². The summed E-state index contributed by atoms with van der Waals surface area (Å²) in [5, 5.41) is 13.7. The number of hydrogen-bond donors (Lipinski definition) is 3. The highest BCUT2D eigenvalue weighted by atomic mass is 16.3. The topological polar surface area (TPSA) is 90.4 Å². The molecule has 3 N–H and O–H groups in total. The minimum absolute atomic E-state index is 0.190. The highest BCUT2D eigenvalue weighted by Gasteiger charge is 2.29. The number of urea groups is 1. The van der Waals surface area contributed by atoms with Gasteiger partial charge in [0, 0.05) is 24.3 Å². The lowest BCUT2D eigenvalue weighted by Crippen LogP contribution is -2.56. The van der Waals surface area contributed by atoms with Crippen LogP contribution in [0.1, 0.15) is 31.2 Å². The van der Waals surface area contributed by atoms with Crippen molar-refractivity contribution in [2.45, 2.75) is 44.4 Å². The zero-order valence-electron chi connectivity index (χ0n) is 10.5. The molecule has 1 aromatic heterocycles. The second kappa shape index (κ2) is 5.10. The molecule has 2 heterocycles. The van der Waals surface area contributed by atoms with E-state index in [1.165, 1.54) is 11.3 Å². The second-order valence-electron chi connectivity index (χ2n) is 5.00. The SMILES string of the molecule is O=C1NCc2cncnc2N1NC1CCC(O)CC1. The number of hydrogen-bond acceptors (Lipinski definition) is 5. The Bertz CT molecular complexity index is 473. The van der Waals surface area contributed by atoms with Crippen LogP contribution in [0.3, 0.4) is 0 Å². The van der Waals surface area contributed by atoms with E-state index < -0.39 is 0 Å². The van der Waals surface area contributed by atoms with Gasteiger partial charge in [0.2, 0.25) is 0 Å². The van der Waals surface area contributed by atoms with Crippen molar-refractivity contribution in [1.29, 1.82) is 0 Å². The average Bonchev–Trinajstić information content (AvgIpc) is 2.44. The monoisotopic (exact) mass is 263 g/mol. The van der Waals surface area contributed by atoms with Crippen LogP contribution in [0.5, 0.6) is 0 Å². The number of nitrogens with zero attached hydrogens (tertiary/aromatic N) is 3. The normalized spacial score (nSPS) is 26.8. The Labute approximate surface area is 111 Å². The van der Waals surface area contributed by atoms with Gasteiger partial charge < -0.3 is 10.4 Å². The summed E-state index contributed by atoms with van der Waals surface area (Å²) >= 11 is 0. The summed E-state index contributed by atoms with van der Waals surface area (Å²) < 4.78 is 0. The van der Waals surface area contributed by atoms with Gasteiger partial charge in [-0.15, -0.1) is 0 Å². The number of aliphatic hydroxyl groups excluding tert-OH is 1. The number of fused-ring (bicyclic) bond motifs is 1. The summed E-state index contributed by atoms with van der Waals surface area (Å²) in [4.78, 5) is 20.1. The van der Waals surface area contributed by atoms with Crippen LogP contribution in [0.2, 0.25) is 0 Å². The zero-order valence-corrected chi connectivity index (χ0v) is 10.5. The molecule has 0 atom stereocenters. The number of rotatable bonds is 2. The lowest BCUT2D eigenvalue weighted by Gasteiger charge is -2.34. The predicted molar refractivity (Wildman–Crippen MR) is 68.1 cm³/mol. The third kappa shape index (κ3) is 2.52. The molecule has 0 saturated heterocycles. The molecular formula is C12H17N5O2. The summed E-state index contributed by atoms with van der Waals surface area (Å²) in [6, 6.07) is -0.00705. The summed E-state index contributed by atoms with van der Waals surface area (Å²) in [6.45, 7) is 0.455. The van der Waals surface area contributed by atoms with Gasteiger partial charge in [0.15, 0.2) is 5.82 Å². The predicted octanol–water partition coefficient (Wildman–Crippen LogP) is 0.314. The van der Waals surface area contributed by atoms with Crippen LogP contribution in [0.15, 0.2) is 12.5 Å². The van der Waals surface area contributed by atoms with Gasteiger partial charge in [-0.1, -0.05) is 0 Å². The fourth-order valence-electron chi connectivity index (χ4n) is 2.53. The Morgan fingerprint density at radius 3 is 2.95 bits per heavy atom. The Morgan fingerprint density at radius 1 is 1.37 bits per heavy atom. The van der Waals surface area contributed by atoms with Crippen LogP contribution in [0.4, 0.5) is 10.6 Å². The van der Waals surface area contributed by atoms with Crippen molar-refractivity contribution in [3.63, 3.8) is 0 Å². The van der Waals surface area contributed by atoms with E-state index in [1.54, 1.807) is 6.20 Å². The Balaban J connectivity index is 1.75. The van der Waals surface area contributed by atoms with E-state index in [2.05, 4.69) is 20.7 Å². The molecule has 19 heavy (non-hydrogen) atoms. The molecule has 1 saturated carbocycles. The van der Waals surface area contributed by atoms with Crippen LogP contribution in [-0.4, -0.2) is 33.3 Å². The van der Waals surface area contributed by atoms with E-state index in [1.807, 2.05) is 0 Å². The van der Waals surface area contributed by atoms with Crippen molar-refractivity contribution in [3.8, 4) is 0 Å². The highest BCUT2D eigenvalue weighted by Crippen LogP contribution is 2.22. The Hall–Kier alpha value is -1.73. The minimum atomic E-state index is -0.206. The largest absolute Gasteiger partial charge is 0.393 e. The smallest absolute Gasteiger partial charge is 0.338 e. The van der Waals surface area contributed by atoms with Gasteiger partial charge in [0.25, 0.3) is 0 Å². The molecule has 3 rings (SSSR count). The van der Waals surface area contributed by atoms with E-state index in [0.717, 1.165) is 31.2 Å². The molecule has 1 aliphatic carbocycles. The molecular weight excluding hydrogens is 246 g/mol. The van der Waals surface area contributed by atoms with Gasteiger partial charge in [-0.25, -0.2) is 25.2 Å².